The van der Waals surface area contributed by atoms with E-state index < -0.39 is 26.5 Å². The van der Waals surface area contributed by atoms with Crippen molar-refractivity contribution in [1.29, 1.82) is 0 Å². The molecule has 0 unspecified atom stereocenters. The summed E-state index contributed by atoms with van der Waals surface area (Å²) in [5, 5.41) is 14.7. The highest BCUT2D eigenvalue weighted by molar-refractivity contribution is 7.99. The van der Waals surface area contributed by atoms with E-state index in [0.29, 0.717) is 38.5 Å². The maximum absolute atomic E-state index is 13.0. The quantitative estimate of drug-likeness (QED) is 0.125. The van der Waals surface area contributed by atoms with E-state index in [0.717, 1.165) is 42.3 Å². The Morgan fingerprint density at radius 3 is 2.27 bits per heavy atom. The molecule has 2 amide bonds. The molecular formula is C32H37N5O6S2. The predicted molar refractivity (Wildman–Crippen MR) is 175 cm³/mol. The number of sulfonamides is 1. The van der Waals surface area contributed by atoms with Crippen molar-refractivity contribution < 1.29 is 22.9 Å². The third kappa shape index (κ3) is 8.34. The molecule has 3 aromatic carbocycles. The lowest BCUT2D eigenvalue weighted by atomic mass is 9.88. The van der Waals surface area contributed by atoms with Gasteiger partial charge >= 0.3 is 0 Å². The first-order valence-electron chi connectivity index (χ1n) is 15.1. The summed E-state index contributed by atoms with van der Waals surface area (Å²) in [6.45, 7) is 3.06. The predicted octanol–water partition coefficient (Wildman–Crippen LogP) is 5.15. The Balaban J connectivity index is 1.15. The van der Waals surface area contributed by atoms with Crippen LogP contribution in [-0.2, 0) is 14.8 Å². The molecule has 0 atom stereocenters. The van der Waals surface area contributed by atoms with Gasteiger partial charge in [-0.2, -0.15) is 0 Å². The van der Waals surface area contributed by atoms with Gasteiger partial charge < -0.3 is 15.1 Å². The molecule has 3 aromatic rings. The highest BCUT2D eigenvalue weighted by atomic mass is 32.2. The van der Waals surface area contributed by atoms with Gasteiger partial charge in [-0.3, -0.25) is 19.7 Å². The molecule has 0 bridgehead atoms. The normalized spacial score (nSPS) is 15.8. The molecule has 0 aromatic heterocycles. The molecule has 238 valence electrons. The topological polar surface area (TPSA) is 142 Å². The Kier molecular flexibility index (Phi) is 10.6. The molecule has 0 spiro atoms. The van der Waals surface area contributed by atoms with Crippen molar-refractivity contribution >= 4 is 50.7 Å². The van der Waals surface area contributed by atoms with Crippen molar-refractivity contribution in [2.24, 2.45) is 5.92 Å². The van der Waals surface area contributed by atoms with Crippen LogP contribution >= 0.6 is 11.8 Å². The van der Waals surface area contributed by atoms with Crippen molar-refractivity contribution in [2.75, 3.05) is 48.7 Å². The molecule has 45 heavy (non-hydrogen) atoms. The summed E-state index contributed by atoms with van der Waals surface area (Å²) in [7, 11) is -4.38. The van der Waals surface area contributed by atoms with E-state index in [1.54, 1.807) is 36.0 Å². The van der Waals surface area contributed by atoms with E-state index in [1.165, 1.54) is 18.6 Å². The number of rotatable bonds is 11. The van der Waals surface area contributed by atoms with E-state index in [-0.39, 0.29) is 28.0 Å². The van der Waals surface area contributed by atoms with E-state index in [1.807, 2.05) is 40.0 Å². The fraction of sp³-hybridized carbons (Fsp3) is 0.375. The second-order valence-corrected chi connectivity index (χ2v) is 14.0. The Morgan fingerprint density at radius 1 is 0.911 bits per heavy atom. The molecule has 1 aliphatic heterocycles. The van der Waals surface area contributed by atoms with Crippen molar-refractivity contribution in [2.45, 2.75) is 41.9 Å². The number of piperazine rings is 1. The van der Waals surface area contributed by atoms with Crippen molar-refractivity contribution in [3.8, 4) is 0 Å². The monoisotopic (exact) mass is 651 g/mol. The van der Waals surface area contributed by atoms with Crippen LogP contribution in [-0.4, -0.2) is 68.5 Å². The van der Waals surface area contributed by atoms with Crippen LogP contribution in [0.3, 0.4) is 0 Å². The minimum Gasteiger partial charge on any atom is -0.379 e. The third-order valence-corrected chi connectivity index (χ3v) is 10.5. The minimum absolute atomic E-state index is 0.136. The summed E-state index contributed by atoms with van der Waals surface area (Å²) in [4.78, 5) is 41.6. The van der Waals surface area contributed by atoms with Gasteiger partial charge in [-0.1, -0.05) is 37.5 Å². The molecule has 2 aliphatic rings. The summed E-state index contributed by atoms with van der Waals surface area (Å²) in [5.74, 6) is 0.213. The lowest BCUT2D eigenvalue weighted by molar-refractivity contribution is -0.384. The lowest BCUT2D eigenvalue weighted by Crippen LogP contribution is -2.50. The first-order chi connectivity index (χ1) is 21.7. The number of nitrogens with zero attached hydrogens (tertiary/aromatic N) is 3. The van der Waals surface area contributed by atoms with E-state index in [2.05, 4.69) is 10.2 Å². The van der Waals surface area contributed by atoms with Gasteiger partial charge in [-0.05, 0) is 61.4 Å². The molecule has 0 radical (unpaired) electrons. The average Bonchev–Trinajstić information content (AvgIpc) is 3.07. The van der Waals surface area contributed by atoms with Crippen LogP contribution in [0.4, 0.5) is 17.1 Å². The molecule has 13 heteroatoms. The van der Waals surface area contributed by atoms with Gasteiger partial charge in [0, 0.05) is 66.6 Å². The van der Waals surface area contributed by atoms with Gasteiger partial charge in [-0.15, -0.1) is 11.8 Å². The van der Waals surface area contributed by atoms with E-state index >= 15 is 0 Å². The number of nitro groups is 1. The van der Waals surface area contributed by atoms with Gasteiger partial charge in [0.1, 0.15) is 5.69 Å². The van der Waals surface area contributed by atoms with E-state index in [4.69, 9.17) is 0 Å². The van der Waals surface area contributed by atoms with Crippen LogP contribution in [0, 0.1) is 16.0 Å². The first-order valence-corrected chi connectivity index (χ1v) is 17.6. The van der Waals surface area contributed by atoms with Crippen molar-refractivity contribution in [1.82, 2.24) is 9.62 Å². The molecular weight excluding hydrogens is 615 g/mol. The lowest BCUT2D eigenvalue weighted by Gasteiger charge is -2.38. The number of benzene rings is 3. The molecule has 1 aliphatic carbocycles. The first kappa shape index (κ1) is 32.3. The zero-order chi connectivity index (χ0) is 31.8. The summed E-state index contributed by atoms with van der Waals surface area (Å²) in [6, 6.07) is 19.8. The molecule has 1 saturated carbocycles. The van der Waals surface area contributed by atoms with Crippen LogP contribution in [0.5, 0.6) is 0 Å². The highest BCUT2D eigenvalue weighted by Gasteiger charge is 2.29. The van der Waals surface area contributed by atoms with Gasteiger partial charge in [0.25, 0.3) is 21.6 Å². The summed E-state index contributed by atoms with van der Waals surface area (Å²) in [6.07, 6.45) is 5.41. The van der Waals surface area contributed by atoms with Gasteiger partial charge in [0.05, 0.1) is 9.82 Å². The van der Waals surface area contributed by atoms with Crippen LogP contribution in [0.25, 0.3) is 0 Å². The SMILES string of the molecule is O=C(NS(=O)(=O)c1ccc(NCCSc2ccccc2)c([N+](=O)[O-])c1)c1ccc(N2CCN(C(=O)C3CCCCC3)CC2)cc1. The fourth-order valence-corrected chi connectivity index (χ4v) is 7.49. The van der Waals surface area contributed by atoms with Gasteiger partial charge in [0.15, 0.2) is 0 Å². The molecule has 11 nitrogen and oxygen atoms in total. The summed E-state index contributed by atoms with van der Waals surface area (Å²) >= 11 is 1.59. The van der Waals surface area contributed by atoms with Gasteiger partial charge in [0.2, 0.25) is 5.91 Å². The second-order valence-electron chi connectivity index (χ2n) is 11.2. The Hall–Kier alpha value is -4.10. The summed E-state index contributed by atoms with van der Waals surface area (Å²) in [5.41, 5.74) is 0.797. The Morgan fingerprint density at radius 2 is 1.60 bits per heavy atom. The molecule has 1 heterocycles. The molecule has 2 fully saturated rings. The number of hydrogen-bond donors (Lipinski definition) is 2. The third-order valence-electron chi connectivity index (χ3n) is 8.17. The zero-order valence-electron chi connectivity index (χ0n) is 24.9. The minimum atomic E-state index is -4.38. The highest BCUT2D eigenvalue weighted by Crippen LogP contribution is 2.29. The average molecular weight is 652 g/mol. The van der Waals surface area contributed by atoms with Crippen molar-refractivity contribution in [3.05, 3.63) is 88.5 Å². The number of carbonyl (C=O) groups is 2. The smallest absolute Gasteiger partial charge is 0.293 e. The number of nitro benzene ring substituents is 1. The van der Waals surface area contributed by atoms with Crippen LogP contribution in [0.2, 0.25) is 0 Å². The van der Waals surface area contributed by atoms with Crippen LogP contribution < -0.4 is 14.9 Å². The zero-order valence-corrected chi connectivity index (χ0v) is 26.5. The number of hydrogen-bond acceptors (Lipinski definition) is 9. The van der Waals surface area contributed by atoms with Gasteiger partial charge in [-0.25, -0.2) is 13.1 Å². The maximum atomic E-state index is 13.0. The van der Waals surface area contributed by atoms with Crippen molar-refractivity contribution in [3.63, 3.8) is 0 Å². The van der Waals surface area contributed by atoms with Crippen LogP contribution in [0.1, 0.15) is 42.5 Å². The summed E-state index contributed by atoms with van der Waals surface area (Å²) < 4.78 is 28.1. The van der Waals surface area contributed by atoms with Crippen LogP contribution in [0.15, 0.2) is 82.6 Å². The second kappa shape index (κ2) is 14.8. The largest absolute Gasteiger partial charge is 0.379 e. The molecule has 2 N–H and O–H groups in total. The Bertz CT molecular complexity index is 1600. The number of thioether (sulfide) groups is 1. The number of carbonyl (C=O) groups excluding carboxylic acids is 2. The molecule has 5 rings (SSSR count). The number of anilines is 2. The standard InChI is InChI=1S/C32H37N5O6S2/c38-31(24-11-13-26(14-12-24)35-18-20-36(21-19-35)32(39)25-7-3-1-4-8-25)34-45(42,43)28-15-16-29(30(23-28)37(40)41)33-17-22-44-27-9-5-2-6-10-27/h2,5-6,9-16,23,25,33H,1,3-4,7-8,17-22H2,(H,34,38). The maximum Gasteiger partial charge on any atom is 0.293 e. The fourth-order valence-electron chi connectivity index (χ4n) is 5.71. The number of amides is 2. The van der Waals surface area contributed by atoms with E-state index in [9.17, 15) is 28.1 Å². The Labute approximate surface area is 267 Å². The molecule has 1 saturated heterocycles. The number of nitrogens with one attached hydrogen (secondary N) is 2.